The van der Waals surface area contributed by atoms with Crippen molar-refractivity contribution in [1.82, 2.24) is 0 Å². The third kappa shape index (κ3) is 2.24. The fourth-order valence-corrected chi connectivity index (χ4v) is 1.73. The first-order valence-corrected chi connectivity index (χ1v) is 5.63. The fourth-order valence-electron chi connectivity index (χ4n) is 1.21. The smallest absolute Gasteiger partial charge is 0.294 e. The normalized spacial score (nSPS) is 12.0. The van der Waals surface area contributed by atoms with Crippen molar-refractivity contribution in [1.29, 1.82) is 0 Å². The Morgan fingerprint density at radius 1 is 1.36 bits per heavy atom. The van der Waals surface area contributed by atoms with E-state index in [1.165, 1.54) is 18.2 Å². The van der Waals surface area contributed by atoms with Crippen LogP contribution in [0.2, 0.25) is 0 Å². The molecule has 1 aromatic carbocycles. The molecule has 0 fully saturated rings. The molecule has 1 aromatic rings. The average molecular weight is 215 g/mol. The minimum absolute atomic E-state index is 0.115. The maximum absolute atomic E-state index is 10.8. The summed E-state index contributed by atoms with van der Waals surface area (Å²) in [6.45, 7) is 3.80. The lowest BCUT2D eigenvalue weighted by Crippen LogP contribution is -2.02. The van der Waals surface area contributed by atoms with Crippen LogP contribution >= 0.6 is 0 Å². The minimum atomic E-state index is -4.13. The monoisotopic (exact) mass is 215 g/mol. The highest BCUT2D eigenvalue weighted by Gasteiger charge is 2.12. The number of benzene rings is 1. The van der Waals surface area contributed by atoms with Crippen LogP contribution < -0.4 is 5.73 Å². The van der Waals surface area contributed by atoms with Gasteiger partial charge in [0.2, 0.25) is 0 Å². The Hall–Kier alpha value is -1.07. The molecule has 0 aliphatic heterocycles. The maximum Gasteiger partial charge on any atom is 0.294 e. The van der Waals surface area contributed by atoms with Crippen LogP contribution in [0.3, 0.4) is 0 Å². The molecule has 14 heavy (non-hydrogen) atoms. The predicted molar refractivity (Wildman–Crippen MR) is 54.8 cm³/mol. The van der Waals surface area contributed by atoms with Crippen LogP contribution in [-0.2, 0) is 10.1 Å². The summed E-state index contributed by atoms with van der Waals surface area (Å²) < 4.78 is 30.5. The van der Waals surface area contributed by atoms with Gasteiger partial charge in [0.15, 0.2) is 0 Å². The lowest BCUT2D eigenvalue weighted by atomic mass is 10.0. The molecule has 5 heteroatoms. The lowest BCUT2D eigenvalue weighted by molar-refractivity contribution is 0.483. The molecular formula is C9H13NO3S. The second-order valence-corrected chi connectivity index (χ2v) is 4.84. The molecule has 0 atom stereocenters. The molecule has 4 nitrogen and oxygen atoms in total. The van der Waals surface area contributed by atoms with Crippen LogP contribution in [0.5, 0.6) is 0 Å². The first-order valence-electron chi connectivity index (χ1n) is 4.19. The second kappa shape index (κ2) is 3.59. The summed E-state index contributed by atoms with van der Waals surface area (Å²) in [7, 11) is -4.13. The van der Waals surface area contributed by atoms with Crippen molar-refractivity contribution in [3.63, 3.8) is 0 Å². The third-order valence-corrected chi connectivity index (χ3v) is 2.83. The predicted octanol–water partition coefficient (Wildman–Crippen LogP) is 1.64. The summed E-state index contributed by atoms with van der Waals surface area (Å²) in [5.74, 6) is 0.122. The van der Waals surface area contributed by atoms with Gasteiger partial charge < -0.3 is 5.73 Å². The topological polar surface area (TPSA) is 80.4 Å². The van der Waals surface area contributed by atoms with Crippen LogP contribution in [0, 0.1) is 0 Å². The van der Waals surface area contributed by atoms with Crippen molar-refractivity contribution in [2.45, 2.75) is 24.7 Å². The van der Waals surface area contributed by atoms with Gasteiger partial charge in [0.05, 0.1) is 4.90 Å². The summed E-state index contributed by atoms with van der Waals surface area (Å²) in [6.07, 6.45) is 0. The lowest BCUT2D eigenvalue weighted by Gasteiger charge is -2.10. The van der Waals surface area contributed by atoms with E-state index in [1.807, 2.05) is 13.8 Å². The van der Waals surface area contributed by atoms with Crippen LogP contribution in [0.15, 0.2) is 23.1 Å². The highest BCUT2D eigenvalue weighted by molar-refractivity contribution is 7.85. The van der Waals surface area contributed by atoms with Gasteiger partial charge in [-0.1, -0.05) is 13.8 Å². The van der Waals surface area contributed by atoms with E-state index in [-0.39, 0.29) is 10.8 Å². The van der Waals surface area contributed by atoms with Gasteiger partial charge in [-0.2, -0.15) is 8.42 Å². The number of anilines is 1. The maximum atomic E-state index is 10.8. The van der Waals surface area contributed by atoms with Crippen LogP contribution in [-0.4, -0.2) is 13.0 Å². The van der Waals surface area contributed by atoms with E-state index in [2.05, 4.69) is 0 Å². The van der Waals surface area contributed by atoms with Crippen molar-refractivity contribution in [3.05, 3.63) is 23.8 Å². The number of hydrogen-bond acceptors (Lipinski definition) is 3. The van der Waals surface area contributed by atoms with E-state index in [9.17, 15) is 8.42 Å². The Morgan fingerprint density at radius 3 is 2.36 bits per heavy atom. The standard InChI is InChI=1S/C9H13NO3S/c1-6(2)8-5-7(14(11,12)13)3-4-9(8)10/h3-6H,10H2,1-2H3,(H,11,12,13). The van der Waals surface area contributed by atoms with E-state index in [4.69, 9.17) is 10.3 Å². The molecule has 0 spiro atoms. The molecule has 0 aromatic heterocycles. The molecule has 0 radical (unpaired) electrons. The Bertz CT molecular complexity index is 437. The molecular weight excluding hydrogens is 202 g/mol. The molecule has 0 aliphatic carbocycles. The highest BCUT2D eigenvalue weighted by Crippen LogP contribution is 2.24. The Labute approximate surface area is 83.5 Å². The summed E-state index contributed by atoms with van der Waals surface area (Å²) in [4.78, 5) is -0.115. The Balaban J connectivity index is 3.34. The van der Waals surface area contributed by atoms with Gasteiger partial charge in [0, 0.05) is 5.69 Å². The van der Waals surface area contributed by atoms with Gasteiger partial charge in [0.1, 0.15) is 0 Å². The van der Waals surface area contributed by atoms with Crippen LogP contribution in [0.1, 0.15) is 25.3 Å². The van der Waals surface area contributed by atoms with Crippen molar-refractivity contribution in [3.8, 4) is 0 Å². The summed E-state index contributed by atoms with van der Waals surface area (Å²) >= 11 is 0. The molecule has 0 amide bonds. The van der Waals surface area contributed by atoms with E-state index in [0.717, 1.165) is 5.56 Å². The molecule has 0 unspecified atom stereocenters. The Morgan fingerprint density at radius 2 is 1.93 bits per heavy atom. The largest absolute Gasteiger partial charge is 0.398 e. The first kappa shape index (κ1) is 11.0. The summed E-state index contributed by atoms with van der Waals surface area (Å²) in [6, 6.07) is 4.17. The fraction of sp³-hybridized carbons (Fsp3) is 0.333. The zero-order chi connectivity index (χ0) is 10.9. The molecule has 1 rings (SSSR count). The molecule has 78 valence electrons. The highest BCUT2D eigenvalue weighted by atomic mass is 32.2. The van der Waals surface area contributed by atoms with Gasteiger partial charge in [-0.15, -0.1) is 0 Å². The van der Waals surface area contributed by atoms with E-state index in [0.29, 0.717) is 5.69 Å². The van der Waals surface area contributed by atoms with Crippen molar-refractivity contribution in [2.24, 2.45) is 0 Å². The first-order chi connectivity index (χ1) is 6.32. The number of rotatable bonds is 2. The third-order valence-electron chi connectivity index (χ3n) is 1.98. The summed E-state index contributed by atoms with van der Waals surface area (Å²) in [5, 5.41) is 0. The Kier molecular flexibility index (Phi) is 2.82. The zero-order valence-corrected chi connectivity index (χ0v) is 8.88. The molecule has 3 N–H and O–H groups in total. The quantitative estimate of drug-likeness (QED) is 0.580. The molecule has 0 bridgehead atoms. The van der Waals surface area contributed by atoms with Gasteiger partial charge in [0.25, 0.3) is 10.1 Å². The SMILES string of the molecule is CC(C)c1cc(S(=O)(=O)O)ccc1N. The zero-order valence-electron chi connectivity index (χ0n) is 8.06. The van der Waals surface area contributed by atoms with E-state index in [1.54, 1.807) is 0 Å². The number of nitrogens with two attached hydrogens (primary N) is 1. The van der Waals surface area contributed by atoms with E-state index >= 15 is 0 Å². The van der Waals surface area contributed by atoms with Gasteiger partial charge in [-0.05, 0) is 29.7 Å². The van der Waals surface area contributed by atoms with Gasteiger partial charge >= 0.3 is 0 Å². The van der Waals surface area contributed by atoms with E-state index < -0.39 is 10.1 Å². The molecule has 0 heterocycles. The average Bonchev–Trinajstić information content (AvgIpc) is 2.02. The van der Waals surface area contributed by atoms with Crippen LogP contribution in [0.4, 0.5) is 5.69 Å². The van der Waals surface area contributed by atoms with Crippen molar-refractivity contribution < 1.29 is 13.0 Å². The van der Waals surface area contributed by atoms with Crippen molar-refractivity contribution in [2.75, 3.05) is 5.73 Å². The molecule has 0 saturated heterocycles. The van der Waals surface area contributed by atoms with Gasteiger partial charge in [-0.3, -0.25) is 4.55 Å². The second-order valence-electron chi connectivity index (χ2n) is 3.42. The number of nitrogen functional groups attached to an aromatic ring is 1. The molecule has 0 saturated carbocycles. The number of hydrogen-bond donors (Lipinski definition) is 2. The minimum Gasteiger partial charge on any atom is -0.398 e. The van der Waals surface area contributed by atoms with Crippen LogP contribution in [0.25, 0.3) is 0 Å². The summed E-state index contributed by atoms with van der Waals surface area (Å²) in [5.41, 5.74) is 6.91. The molecule has 0 aliphatic rings. The van der Waals surface area contributed by atoms with Gasteiger partial charge in [-0.25, -0.2) is 0 Å². The van der Waals surface area contributed by atoms with Crippen molar-refractivity contribution >= 4 is 15.8 Å².